The summed E-state index contributed by atoms with van der Waals surface area (Å²) in [5, 5.41) is 14.1. The second-order valence-electron chi connectivity index (χ2n) is 7.94. The van der Waals surface area contributed by atoms with Gasteiger partial charge in [-0.1, -0.05) is 44.0 Å². The number of halogens is 2. The number of anilines is 1. The number of hydrogen-bond donors (Lipinski definition) is 2. The number of ether oxygens (including phenoxy) is 1. The fraction of sp³-hybridized carbons (Fsp3) is 0.350. The average molecular weight is 510 g/mol. The van der Waals surface area contributed by atoms with E-state index in [4.69, 9.17) is 27.9 Å². The Morgan fingerprint density at radius 3 is 2.52 bits per heavy atom. The van der Waals surface area contributed by atoms with E-state index in [-0.39, 0.29) is 33.0 Å². The van der Waals surface area contributed by atoms with Crippen LogP contribution >= 0.6 is 34.5 Å². The Bertz CT molecular complexity index is 1200. The van der Waals surface area contributed by atoms with E-state index in [0.717, 1.165) is 16.9 Å². The number of amides is 2. The first kappa shape index (κ1) is 24.7. The summed E-state index contributed by atoms with van der Waals surface area (Å²) in [5.41, 5.74) is 0.464. The van der Waals surface area contributed by atoms with Gasteiger partial charge in [-0.15, -0.1) is 21.5 Å². The van der Waals surface area contributed by atoms with Gasteiger partial charge in [-0.25, -0.2) is 15.0 Å². The summed E-state index contributed by atoms with van der Waals surface area (Å²) in [6.45, 7) is 7.68. The van der Waals surface area contributed by atoms with E-state index in [2.05, 4.69) is 35.8 Å². The van der Waals surface area contributed by atoms with Crippen molar-refractivity contribution >= 4 is 52.2 Å². The largest absolute Gasteiger partial charge is 0.480 e. The molecule has 0 spiro atoms. The third-order valence-electron chi connectivity index (χ3n) is 4.43. The topological polar surface area (TPSA) is 132 Å². The van der Waals surface area contributed by atoms with Crippen molar-refractivity contribution in [1.29, 1.82) is 0 Å². The molecule has 2 amide bonds. The maximum absolute atomic E-state index is 12.7. The van der Waals surface area contributed by atoms with Crippen LogP contribution in [0.25, 0.3) is 0 Å². The van der Waals surface area contributed by atoms with E-state index in [1.807, 2.05) is 20.8 Å². The van der Waals surface area contributed by atoms with E-state index in [1.54, 1.807) is 13.0 Å². The quantitative estimate of drug-likeness (QED) is 0.507. The number of carbonyl (C=O) groups is 2. The molecule has 0 bridgehead atoms. The Balaban J connectivity index is 1.70. The molecule has 0 saturated carbocycles. The maximum Gasteiger partial charge on any atom is 0.272 e. The fourth-order valence-corrected chi connectivity index (χ4v) is 4.17. The molecule has 10 nitrogen and oxygen atoms in total. The van der Waals surface area contributed by atoms with Crippen LogP contribution in [-0.2, 0) is 5.41 Å². The van der Waals surface area contributed by atoms with Crippen molar-refractivity contribution in [1.82, 2.24) is 30.5 Å². The second kappa shape index (κ2) is 9.94. The number of methoxy groups -OCH3 is 1. The zero-order valence-electron chi connectivity index (χ0n) is 18.4. The zero-order valence-corrected chi connectivity index (χ0v) is 20.8. The van der Waals surface area contributed by atoms with E-state index in [1.165, 1.54) is 19.6 Å². The molecule has 1 unspecified atom stereocenters. The fourth-order valence-electron chi connectivity index (χ4n) is 2.72. The van der Waals surface area contributed by atoms with Crippen LogP contribution in [0.15, 0.2) is 18.6 Å². The highest BCUT2D eigenvalue weighted by Gasteiger charge is 2.23. The molecule has 3 aromatic heterocycles. The molecule has 13 heteroatoms. The summed E-state index contributed by atoms with van der Waals surface area (Å²) in [6, 6.07) is 1.18. The summed E-state index contributed by atoms with van der Waals surface area (Å²) >= 11 is 13.4. The molecule has 0 aliphatic rings. The summed E-state index contributed by atoms with van der Waals surface area (Å²) in [6.07, 6.45) is 2.60. The highest BCUT2D eigenvalue weighted by atomic mass is 35.5. The third kappa shape index (κ3) is 5.73. The standard InChI is InChI=1S/C20H21Cl2N7O3S/c1-9(26-17(31)14-13(21)18(32-5)25-8-24-14)19-23-7-11(33-19)16(30)27-12-6-10(20(2,3)4)15(22)29-28-12/h6-9H,1-5H3,(H,26,31)(H,27,28,30). The molecular formula is C20H21Cl2N7O3S. The second-order valence-corrected chi connectivity index (χ2v) is 9.74. The van der Waals surface area contributed by atoms with Crippen LogP contribution in [0.1, 0.15) is 64.5 Å². The van der Waals surface area contributed by atoms with Crippen molar-refractivity contribution in [3.05, 3.63) is 49.9 Å². The predicted octanol–water partition coefficient (Wildman–Crippen LogP) is 4.08. The lowest BCUT2D eigenvalue weighted by Crippen LogP contribution is -2.27. The number of rotatable bonds is 6. The Kier molecular flexibility index (Phi) is 7.45. The van der Waals surface area contributed by atoms with Gasteiger partial charge in [-0.3, -0.25) is 9.59 Å². The van der Waals surface area contributed by atoms with Gasteiger partial charge in [0, 0.05) is 5.56 Å². The van der Waals surface area contributed by atoms with E-state index in [9.17, 15) is 9.59 Å². The Hall–Kier alpha value is -2.89. The monoisotopic (exact) mass is 509 g/mol. The van der Waals surface area contributed by atoms with Crippen LogP contribution in [0.2, 0.25) is 10.2 Å². The highest BCUT2D eigenvalue weighted by molar-refractivity contribution is 7.13. The van der Waals surface area contributed by atoms with Gasteiger partial charge in [0.05, 0.1) is 19.3 Å². The summed E-state index contributed by atoms with van der Waals surface area (Å²) < 4.78 is 5.00. The van der Waals surface area contributed by atoms with Gasteiger partial charge in [0.25, 0.3) is 11.8 Å². The Labute approximate surface area is 204 Å². The minimum Gasteiger partial charge on any atom is -0.480 e. The van der Waals surface area contributed by atoms with Gasteiger partial charge >= 0.3 is 0 Å². The van der Waals surface area contributed by atoms with Crippen molar-refractivity contribution in [3.8, 4) is 5.88 Å². The molecule has 0 radical (unpaired) electrons. The molecule has 2 N–H and O–H groups in total. The molecule has 33 heavy (non-hydrogen) atoms. The van der Waals surface area contributed by atoms with Crippen LogP contribution in [0.3, 0.4) is 0 Å². The van der Waals surface area contributed by atoms with E-state index in [0.29, 0.717) is 9.88 Å². The average Bonchev–Trinajstić information content (AvgIpc) is 3.25. The number of nitrogens with zero attached hydrogens (tertiary/aromatic N) is 5. The molecule has 3 aromatic rings. The zero-order chi connectivity index (χ0) is 24.3. The summed E-state index contributed by atoms with van der Waals surface area (Å²) in [7, 11) is 1.39. The van der Waals surface area contributed by atoms with Crippen molar-refractivity contribution in [2.45, 2.75) is 39.2 Å². The molecular weight excluding hydrogens is 489 g/mol. The van der Waals surface area contributed by atoms with Gasteiger partial charge in [-0.2, -0.15) is 0 Å². The van der Waals surface area contributed by atoms with E-state index >= 15 is 0 Å². The van der Waals surface area contributed by atoms with Gasteiger partial charge in [0.1, 0.15) is 21.2 Å². The molecule has 3 rings (SSSR count). The van der Waals surface area contributed by atoms with Crippen molar-refractivity contribution in [2.24, 2.45) is 0 Å². The van der Waals surface area contributed by atoms with Crippen molar-refractivity contribution < 1.29 is 14.3 Å². The van der Waals surface area contributed by atoms with Crippen LogP contribution in [0, 0.1) is 0 Å². The molecule has 0 aliphatic heterocycles. The number of aromatic nitrogens is 5. The predicted molar refractivity (Wildman–Crippen MR) is 125 cm³/mol. The van der Waals surface area contributed by atoms with Crippen LogP contribution in [0.5, 0.6) is 5.88 Å². The molecule has 174 valence electrons. The maximum atomic E-state index is 12.7. The molecule has 1 atom stereocenters. The number of nitrogens with one attached hydrogen (secondary N) is 2. The van der Waals surface area contributed by atoms with Gasteiger partial charge in [0.2, 0.25) is 5.88 Å². The number of hydrogen-bond acceptors (Lipinski definition) is 9. The first-order chi connectivity index (χ1) is 15.5. The first-order valence-electron chi connectivity index (χ1n) is 9.67. The molecule has 0 aliphatic carbocycles. The first-order valence-corrected chi connectivity index (χ1v) is 11.2. The third-order valence-corrected chi connectivity index (χ3v) is 6.23. The van der Waals surface area contributed by atoms with Crippen LogP contribution < -0.4 is 15.4 Å². The minimum atomic E-state index is -0.527. The number of thiazole rings is 1. The minimum absolute atomic E-state index is 0.00241. The lowest BCUT2D eigenvalue weighted by molar-refractivity contribution is 0.0933. The van der Waals surface area contributed by atoms with Gasteiger partial charge < -0.3 is 15.4 Å². The Morgan fingerprint density at radius 1 is 1.12 bits per heavy atom. The summed E-state index contributed by atoms with van der Waals surface area (Å²) in [5.74, 6) is -0.562. The molecule has 0 fully saturated rings. The normalized spacial score (nSPS) is 12.2. The summed E-state index contributed by atoms with van der Waals surface area (Å²) in [4.78, 5) is 37.6. The van der Waals surface area contributed by atoms with Crippen molar-refractivity contribution in [3.63, 3.8) is 0 Å². The molecule has 0 aromatic carbocycles. The molecule has 0 saturated heterocycles. The highest BCUT2D eigenvalue weighted by Crippen LogP contribution is 2.29. The van der Waals surface area contributed by atoms with E-state index < -0.39 is 17.9 Å². The number of carbonyl (C=O) groups excluding carboxylic acids is 2. The van der Waals surface area contributed by atoms with Crippen molar-refractivity contribution in [2.75, 3.05) is 12.4 Å². The van der Waals surface area contributed by atoms with Crippen LogP contribution in [0.4, 0.5) is 5.82 Å². The SMILES string of the molecule is COc1ncnc(C(=O)NC(C)c2ncc(C(=O)Nc3cc(C(C)(C)C)c(Cl)nn3)s2)c1Cl. The van der Waals surface area contributed by atoms with Gasteiger partial charge in [0.15, 0.2) is 16.7 Å². The van der Waals surface area contributed by atoms with Crippen LogP contribution in [-0.4, -0.2) is 44.1 Å². The smallest absolute Gasteiger partial charge is 0.272 e. The Morgan fingerprint density at radius 2 is 1.85 bits per heavy atom. The lowest BCUT2D eigenvalue weighted by atomic mass is 9.88. The molecule has 3 heterocycles. The van der Waals surface area contributed by atoms with Gasteiger partial charge in [-0.05, 0) is 18.4 Å². The lowest BCUT2D eigenvalue weighted by Gasteiger charge is -2.20.